The zero-order valence-electron chi connectivity index (χ0n) is 8.00. The molecule has 1 rings (SSSR count). The molecule has 0 heterocycles. The zero-order chi connectivity index (χ0) is 11.6. The second-order valence-corrected chi connectivity index (χ2v) is 4.18. The fourth-order valence-corrected chi connectivity index (χ4v) is 1.78. The van der Waals surface area contributed by atoms with Crippen LogP contribution in [0.5, 0.6) is 5.75 Å². The zero-order valence-corrected chi connectivity index (χ0v) is 9.58. The van der Waals surface area contributed by atoms with Gasteiger partial charge in [-0.25, -0.2) is 4.39 Å². The average Bonchev–Trinajstić information content (AvgIpc) is 2.09. The first kappa shape index (κ1) is 12.0. The number of hydrogen-bond donors (Lipinski definition) is 2. The van der Waals surface area contributed by atoms with Gasteiger partial charge in [0.25, 0.3) is 0 Å². The minimum absolute atomic E-state index is 0.106. The Morgan fingerprint density at radius 2 is 2.20 bits per heavy atom. The smallest absolute Gasteiger partial charge is 0.303 e. The monoisotopic (exact) mass is 276 g/mol. The molecule has 0 fully saturated rings. The summed E-state index contributed by atoms with van der Waals surface area (Å²) in [5, 5.41) is 18.2. The highest BCUT2D eigenvalue weighted by molar-refractivity contribution is 9.10. The van der Waals surface area contributed by atoms with Gasteiger partial charge in [-0.15, -0.1) is 0 Å². The first-order valence-electron chi connectivity index (χ1n) is 4.31. The highest BCUT2D eigenvalue weighted by Gasteiger charge is 2.17. The number of aliphatic carboxylic acids is 1. The molecule has 82 valence electrons. The van der Waals surface area contributed by atoms with E-state index in [-0.39, 0.29) is 16.6 Å². The van der Waals surface area contributed by atoms with E-state index in [0.717, 1.165) is 12.1 Å². The molecule has 1 aromatic rings. The first-order chi connectivity index (χ1) is 6.91. The normalized spacial score (nSPS) is 12.5. The van der Waals surface area contributed by atoms with E-state index in [1.54, 1.807) is 6.92 Å². The minimum Gasteiger partial charge on any atom is -0.506 e. The lowest BCUT2D eigenvalue weighted by atomic mass is 9.97. The highest BCUT2D eigenvalue weighted by atomic mass is 79.9. The van der Waals surface area contributed by atoms with Crippen molar-refractivity contribution >= 4 is 21.9 Å². The van der Waals surface area contributed by atoms with Crippen molar-refractivity contribution in [3.05, 3.63) is 28.0 Å². The SMILES string of the molecule is CC(CC(=O)O)c1cc(F)cc(Br)c1O. The number of aromatic hydroxyl groups is 1. The van der Waals surface area contributed by atoms with Crippen molar-refractivity contribution in [1.29, 1.82) is 0 Å². The summed E-state index contributed by atoms with van der Waals surface area (Å²) < 4.78 is 13.2. The number of phenols is 1. The first-order valence-corrected chi connectivity index (χ1v) is 5.10. The van der Waals surface area contributed by atoms with Crippen molar-refractivity contribution < 1.29 is 19.4 Å². The van der Waals surface area contributed by atoms with Crippen molar-refractivity contribution in [2.75, 3.05) is 0 Å². The molecule has 0 aromatic heterocycles. The molecule has 0 saturated heterocycles. The van der Waals surface area contributed by atoms with Crippen molar-refractivity contribution in [1.82, 2.24) is 0 Å². The number of benzene rings is 1. The van der Waals surface area contributed by atoms with Crippen LogP contribution in [0.15, 0.2) is 16.6 Å². The van der Waals surface area contributed by atoms with Crippen LogP contribution in [0.3, 0.4) is 0 Å². The lowest BCUT2D eigenvalue weighted by molar-refractivity contribution is -0.137. The van der Waals surface area contributed by atoms with Gasteiger partial charge in [-0.1, -0.05) is 6.92 Å². The van der Waals surface area contributed by atoms with Gasteiger partial charge in [0.1, 0.15) is 11.6 Å². The van der Waals surface area contributed by atoms with Gasteiger partial charge in [-0.2, -0.15) is 0 Å². The number of carbonyl (C=O) groups is 1. The van der Waals surface area contributed by atoms with Crippen LogP contribution >= 0.6 is 15.9 Å². The molecule has 0 saturated carbocycles. The van der Waals surface area contributed by atoms with E-state index in [2.05, 4.69) is 15.9 Å². The van der Waals surface area contributed by atoms with Gasteiger partial charge in [0.15, 0.2) is 0 Å². The van der Waals surface area contributed by atoms with Crippen molar-refractivity contribution in [2.45, 2.75) is 19.3 Å². The van der Waals surface area contributed by atoms with Crippen LogP contribution in [-0.2, 0) is 4.79 Å². The fraction of sp³-hybridized carbons (Fsp3) is 0.300. The van der Waals surface area contributed by atoms with Crippen LogP contribution in [0.25, 0.3) is 0 Å². The van der Waals surface area contributed by atoms with Gasteiger partial charge in [0, 0.05) is 5.56 Å². The van der Waals surface area contributed by atoms with Gasteiger partial charge in [0.2, 0.25) is 0 Å². The third-order valence-electron chi connectivity index (χ3n) is 2.07. The Hall–Kier alpha value is -1.10. The summed E-state index contributed by atoms with van der Waals surface area (Å²) in [6.07, 6.45) is -0.149. The molecule has 0 aliphatic carbocycles. The van der Waals surface area contributed by atoms with E-state index in [9.17, 15) is 14.3 Å². The molecular weight excluding hydrogens is 267 g/mol. The molecule has 2 N–H and O–H groups in total. The molecule has 0 amide bonds. The topological polar surface area (TPSA) is 57.5 Å². The molecule has 0 bridgehead atoms. The Morgan fingerprint density at radius 1 is 1.60 bits per heavy atom. The van der Waals surface area contributed by atoms with E-state index in [1.165, 1.54) is 0 Å². The van der Waals surface area contributed by atoms with Crippen LogP contribution in [0.4, 0.5) is 4.39 Å². The third kappa shape index (κ3) is 2.92. The van der Waals surface area contributed by atoms with Crippen molar-refractivity contribution in [3.63, 3.8) is 0 Å². The Labute approximate surface area is 94.7 Å². The second kappa shape index (κ2) is 4.61. The molecule has 15 heavy (non-hydrogen) atoms. The Morgan fingerprint density at radius 3 is 2.73 bits per heavy atom. The van der Waals surface area contributed by atoms with E-state index >= 15 is 0 Å². The molecule has 0 aliphatic rings. The van der Waals surface area contributed by atoms with Gasteiger partial charge >= 0.3 is 5.97 Å². The van der Waals surface area contributed by atoms with Crippen molar-refractivity contribution in [2.24, 2.45) is 0 Å². The van der Waals surface area contributed by atoms with Gasteiger partial charge in [-0.3, -0.25) is 4.79 Å². The number of carboxylic acid groups (broad SMARTS) is 1. The molecule has 1 unspecified atom stereocenters. The van der Waals surface area contributed by atoms with Crippen LogP contribution in [0.2, 0.25) is 0 Å². The second-order valence-electron chi connectivity index (χ2n) is 3.32. The summed E-state index contributed by atoms with van der Waals surface area (Å²) in [5.74, 6) is -2.03. The quantitative estimate of drug-likeness (QED) is 0.893. The lowest BCUT2D eigenvalue weighted by Crippen LogP contribution is -2.03. The number of carboxylic acids is 1. The Balaban J connectivity index is 3.07. The molecule has 3 nitrogen and oxygen atoms in total. The molecular formula is C10H10BrFO3. The van der Waals surface area contributed by atoms with Crippen molar-refractivity contribution in [3.8, 4) is 5.75 Å². The van der Waals surface area contributed by atoms with E-state index in [0.29, 0.717) is 5.56 Å². The highest BCUT2D eigenvalue weighted by Crippen LogP contribution is 2.34. The van der Waals surface area contributed by atoms with Gasteiger partial charge in [-0.05, 0) is 34.0 Å². The summed E-state index contributed by atoms with van der Waals surface area (Å²) in [6.45, 7) is 1.62. The summed E-state index contributed by atoms with van der Waals surface area (Å²) in [4.78, 5) is 10.5. The van der Waals surface area contributed by atoms with E-state index in [1.807, 2.05) is 0 Å². The van der Waals surface area contributed by atoms with Crippen LogP contribution in [0, 0.1) is 5.82 Å². The standard InChI is InChI=1S/C10H10BrFO3/c1-5(2-9(13)14)7-3-6(12)4-8(11)10(7)15/h3-5,15H,2H2,1H3,(H,13,14). The molecule has 0 radical (unpaired) electrons. The molecule has 0 aliphatic heterocycles. The lowest BCUT2D eigenvalue weighted by Gasteiger charge is -2.12. The molecule has 5 heteroatoms. The Bertz CT molecular complexity index is 392. The number of rotatable bonds is 3. The van der Waals surface area contributed by atoms with Crippen LogP contribution in [-0.4, -0.2) is 16.2 Å². The fourth-order valence-electron chi connectivity index (χ4n) is 1.33. The maximum absolute atomic E-state index is 13.0. The van der Waals surface area contributed by atoms with Crippen LogP contribution < -0.4 is 0 Å². The molecule has 1 atom stereocenters. The summed E-state index contributed by atoms with van der Waals surface area (Å²) in [5.41, 5.74) is 0.296. The number of phenolic OH excluding ortho intramolecular Hbond substituents is 1. The maximum Gasteiger partial charge on any atom is 0.303 e. The van der Waals surface area contributed by atoms with E-state index in [4.69, 9.17) is 5.11 Å². The predicted octanol–water partition coefficient (Wildman–Crippen LogP) is 2.87. The van der Waals surface area contributed by atoms with Gasteiger partial charge < -0.3 is 10.2 Å². The minimum atomic E-state index is -0.984. The Kier molecular flexibility index (Phi) is 3.68. The summed E-state index contributed by atoms with van der Waals surface area (Å²) >= 11 is 2.99. The number of hydrogen-bond acceptors (Lipinski definition) is 2. The maximum atomic E-state index is 13.0. The largest absolute Gasteiger partial charge is 0.506 e. The number of halogens is 2. The molecule has 0 spiro atoms. The molecule has 1 aromatic carbocycles. The van der Waals surface area contributed by atoms with Gasteiger partial charge in [0.05, 0.1) is 10.9 Å². The third-order valence-corrected chi connectivity index (χ3v) is 2.67. The average molecular weight is 277 g/mol. The summed E-state index contributed by atoms with van der Waals surface area (Å²) in [7, 11) is 0. The summed E-state index contributed by atoms with van der Waals surface area (Å²) in [6, 6.07) is 2.28. The predicted molar refractivity (Wildman–Crippen MR) is 56.4 cm³/mol. The van der Waals surface area contributed by atoms with Crippen LogP contribution in [0.1, 0.15) is 24.8 Å². The van der Waals surface area contributed by atoms with E-state index < -0.39 is 17.7 Å².